The molecular formula is C19H31N5O3. The van der Waals surface area contributed by atoms with E-state index in [0.29, 0.717) is 45.9 Å². The number of carbonyl (C=O) groups is 2. The van der Waals surface area contributed by atoms with Crippen molar-refractivity contribution in [1.82, 2.24) is 24.9 Å². The number of amides is 3. The van der Waals surface area contributed by atoms with Crippen LogP contribution in [-0.2, 0) is 9.53 Å². The molecule has 0 aromatic carbocycles. The Morgan fingerprint density at radius 2 is 1.85 bits per heavy atom. The highest BCUT2D eigenvalue weighted by Crippen LogP contribution is 2.20. The lowest BCUT2D eigenvalue weighted by Gasteiger charge is -2.35. The lowest BCUT2D eigenvalue weighted by Crippen LogP contribution is -2.49. The monoisotopic (exact) mass is 377 g/mol. The van der Waals surface area contributed by atoms with Crippen LogP contribution in [0.15, 0.2) is 6.07 Å². The van der Waals surface area contributed by atoms with Gasteiger partial charge in [-0.25, -0.2) is 4.79 Å². The quantitative estimate of drug-likeness (QED) is 0.859. The standard InChI is InChI=1S/C19H31N5O3/c1-14-12-15(2)24(21-14)16(3)13-20-19(26)23-6-4-17(5-7-23)18(25)22-8-10-27-11-9-22/h12,16-17H,4-11,13H2,1-3H3,(H,20,26)/t16-/m0/s1. The van der Waals surface area contributed by atoms with Gasteiger partial charge in [0.05, 0.1) is 24.9 Å². The molecule has 8 heteroatoms. The number of nitrogens with one attached hydrogen (secondary N) is 1. The van der Waals surface area contributed by atoms with Crippen LogP contribution in [0.25, 0.3) is 0 Å². The molecule has 1 aromatic rings. The number of piperidine rings is 1. The molecule has 0 saturated carbocycles. The molecule has 2 fully saturated rings. The van der Waals surface area contributed by atoms with Gasteiger partial charge in [-0.1, -0.05) is 0 Å². The topological polar surface area (TPSA) is 79.7 Å². The average Bonchev–Trinajstić information content (AvgIpc) is 3.04. The van der Waals surface area contributed by atoms with Crippen LogP contribution < -0.4 is 5.32 Å². The lowest BCUT2D eigenvalue weighted by atomic mass is 9.95. The zero-order chi connectivity index (χ0) is 19.4. The fourth-order valence-electron chi connectivity index (χ4n) is 3.90. The van der Waals surface area contributed by atoms with Gasteiger partial charge in [-0.05, 0) is 39.7 Å². The second-order valence-corrected chi connectivity index (χ2v) is 7.61. The smallest absolute Gasteiger partial charge is 0.317 e. The molecule has 3 rings (SSSR count). The Bertz CT molecular complexity index is 660. The number of ether oxygens (including phenoxy) is 1. The maximum Gasteiger partial charge on any atom is 0.317 e. The number of rotatable bonds is 4. The predicted molar refractivity (Wildman–Crippen MR) is 102 cm³/mol. The van der Waals surface area contributed by atoms with Crippen molar-refractivity contribution >= 4 is 11.9 Å². The summed E-state index contributed by atoms with van der Waals surface area (Å²) in [5, 5.41) is 7.48. The molecule has 2 saturated heterocycles. The molecule has 2 aliphatic rings. The number of aromatic nitrogens is 2. The Balaban J connectivity index is 1.43. The van der Waals surface area contributed by atoms with Crippen LogP contribution in [0.3, 0.4) is 0 Å². The third-order valence-electron chi connectivity index (χ3n) is 5.46. The number of hydrogen-bond acceptors (Lipinski definition) is 4. The van der Waals surface area contributed by atoms with E-state index >= 15 is 0 Å². The summed E-state index contributed by atoms with van der Waals surface area (Å²) in [6.45, 7) is 10.4. The molecule has 27 heavy (non-hydrogen) atoms. The van der Waals surface area contributed by atoms with Crippen LogP contribution in [0.5, 0.6) is 0 Å². The highest BCUT2D eigenvalue weighted by molar-refractivity contribution is 5.80. The number of morpholine rings is 1. The number of nitrogens with zero attached hydrogens (tertiary/aromatic N) is 4. The van der Waals surface area contributed by atoms with E-state index in [1.165, 1.54) is 0 Å². The second-order valence-electron chi connectivity index (χ2n) is 7.61. The first-order valence-electron chi connectivity index (χ1n) is 9.87. The first-order chi connectivity index (χ1) is 13.0. The van der Waals surface area contributed by atoms with Gasteiger partial charge in [0, 0.05) is 44.3 Å². The van der Waals surface area contributed by atoms with Crippen molar-refractivity contribution in [3.05, 3.63) is 17.5 Å². The van der Waals surface area contributed by atoms with Gasteiger partial charge in [0.25, 0.3) is 0 Å². The van der Waals surface area contributed by atoms with Gasteiger partial charge in [0.1, 0.15) is 0 Å². The zero-order valence-corrected chi connectivity index (χ0v) is 16.6. The fraction of sp³-hybridized carbons (Fsp3) is 0.737. The molecular weight excluding hydrogens is 346 g/mol. The molecule has 1 N–H and O–H groups in total. The van der Waals surface area contributed by atoms with E-state index in [2.05, 4.69) is 10.4 Å². The maximum absolute atomic E-state index is 12.6. The highest BCUT2D eigenvalue weighted by Gasteiger charge is 2.30. The molecule has 1 aromatic heterocycles. The summed E-state index contributed by atoms with van der Waals surface area (Å²) >= 11 is 0. The second kappa shape index (κ2) is 8.73. The third-order valence-corrected chi connectivity index (χ3v) is 5.46. The molecule has 0 radical (unpaired) electrons. The Labute approximate surface area is 160 Å². The first kappa shape index (κ1) is 19.7. The van der Waals surface area contributed by atoms with Crippen LogP contribution in [0.1, 0.15) is 37.2 Å². The van der Waals surface area contributed by atoms with Crippen LogP contribution in [0.4, 0.5) is 4.79 Å². The number of carbonyl (C=O) groups excluding carboxylic acids is 2. The molecule has 1 atom stereocenters. The summed E-state index contributed by atoms with van der Waals surface area (Å²) in [6.07, 6.45) is 1.47. The summed E-state index contributed by atoms with van der Waals surface area (Å²) in [5.74, 6) is 0.247. The lowest BCUT2D eigenvalue weighted by molar-refractivity contribution is -0.141. The van der Waals surface area contributed by atoms with E-state index in [1.807, 2.05) is 41.3 Å². The SMILES string of the molecule is Cc1cc(C)n([C@@H](C)CNC(=O)N2CCC(C(=O)N3CCOCC3)CC2)n1. The minimum atomic E-state index is -0.0550. The van der Waals surface area contributed by atoms with E-state index in [9.17, 15) is 9.59 Å². The van der Waals surface area contributed by atoms with E-state index < -0.39 is 0 Å². The van der Waals surface area contributed by atoms with Gasteiger partial charge in [-0.3, -0.25) is 9.48 Å². The van der Waals surface area contributed by atoms with Crippen LogP contribution in [0, 0.1) is 19.8 Å². The van der Waals surface area contributed by atoms with Gasteiger partial charge in [0.15, 0.2) is 0 Å². The molecule has 150 valence electrons. The Hall–Kier alpha value is -2.09. The predicted octanol–water partition coefficient (Wildman–Crippen LogP) is 1.34. The van der Waals surface area contributed by atoms with Crippen LogP contribution >= 0.6 is 0 Å². The minimum Gasteiger partial charge on any atom is -0.378 e. The molecule has 0 spiro atoms. The summed E-state index contributed by atoms with van der Waals surface area (Å²) in [4.78, 5) is 28.8. The van der Waals surface area contributed by atoms with E-state index in [4.69, 9.17) is 4.74 Å². The van der Waals surface area contributed by atoms with Crippen molar-refractivity contribution in [3.63, 3.8) is 0 Å². The Kier molecular flexibility index (Phi) is 6.36. The molecule has 3 heterocycles. The molecule has 0 aliphatic carbocycles. The minimum absolute atomic E-state index is 0.0285. The first-order valence-corrected chi connectivity index (χ1v) is 9.87. The van der Waals surface area contributed by atoms with E-state index in [1.54, 1.807) is 0 Å². The maximum atomic E-state index is 12.6. The summed E-state index contributed by atoms with van der Waals surface area (Å²) in [6, 6.07) is 2.08. The molecule has 8 nitrogen and oxygen atoms in total. The summed E-state index contributed by atoms with van der Waals surface area (Å²) in [5.41, 5.74) is 2.08. The van der Waals surface area contributed by atoms with Crippen LogP contribution in [-0.4, -0.2) is 77.5 Å². The molecule has 0 bridgehead atoms. The van der Waals surface area contributed by atoms with Crippen molar-refractivity contribution in [2.45, 2.75) is 39.7 Å². The van der Waals surface area contributed by atoms with E-state index in [-0.39, 0.29) is 23.9 Å². The van der Waals surface area contributed by atoms with Gasteiger partial charge >= 0.3 is 6.03 Å². The summed E-state index contributed by atoms with van der Waals surface area (Å²) < 4.78 is 7.26. The van der Waals surface area contributed by atoms with Gasteiger partial charge in [-0.15, -0.1) is 0 Å². The van der Waals surface area contributed by atoms with Crippen molar-refractivity contribution in [1.29, 1.82) is 0 Å². The van der Waals surface area contributed by atoms with E-state index in [0.717, 1.165) is 24.2 Å². The number of aryl methyl sites for hydroxylation is 2. The number of hydrogen-bond donors (Lipinski definition) is 1. The largest absolute Gasteiger partial charge is 0.378 e. The number of likely N-dealkylation sites (tertiary alicyclic amines) is 1. The zero-order valence-electron chi connectivity index (χ0n) is 16.6. The fourth-order valence-corrected chi connectivity index (χ4v) is 3.90. The van der Waals surface area contributed by atoms with Crippen molar-refractivity contribution in [2.24, 2.45) is 5.92 Å². The Morgan fingerprint density at radius 1 is 1.19 bits per heavy atom. The van der Waals surface area contributed by atoms with Crippen molar-refractivity contribution in [2.75, 3.05) is 45.9 Å². The van der Waals surface area contributed by atoms with Gasteiger partial charge < -0.3 is 19.9 Å². The third kappa shape index (κ3) is 4.80. The number of urea groups is 1. The van der Waals surface area contributed by atoms with Crippen molar-refractivity contribution in [3.8, 4) is 0 Å². The Morgan fingerprint density at radius 3 is 2.44 bits per heavy atom. The van der Waals surface area contributed by atoms with Gasteiger partial charge in [-0.2, -0.15) is 5.10 Å². The molecule has 0 unspecified atom stereocenters. The molecule has 2 aliphatic heterocycles. The highest BCUT2D eigenvalue weighted by atomic mass is 16.5. The van der Waals surface area contributed by atoms with Crippen LogP contribution in [0.2, 0.25) is 0 Å². The summed E-state index contributed by atoms with van der Waals surface area (Å²) in [7, 11) is 0. The molecule has 3 amide bonds. The van der Waals surface area contributed by atoms with Gasteiger partial charge in [0.2, 0.25) is 5.91 Å². The van der Waals surface area contributed by atoms with Crippen molar-refractivity contribution < 1.29 is 14.3 Å². The normalized spacial score (nSPS) is 19.8. The average molecular weight is 377 g/mol.